The molecule has 2 aliphatic heterocycles. The lowest BCUT2D eigenvalue weighted by atomic mass is 10.0. The minimum Gasteiger partial charge on any atom is -0.352 e. The first-order valence-corrected chi connectivity index (χ1v) is 9.34. The Morgan fingerprint density at radius 2 is 1.92 bits per heavy atom. The van der Waals surface area contributed by atoms with Crippen molar-refractivity contribution >= 4 is 42.5 Å². The molecular formula is C17H27Cl2N3OS. The molecular weight excluding hydrogens is 365 g/mol. The molecule has 4 nitrogen and oxygen atoms in total. The largest absolute Gasteiger partial charge is 0.352 e. The Hall–Kier alpha value is -0.460. The van der Waals surface area contributed by atoms with E-state index >= 15 is 0 Å². The van der Waals surface area contributed by atoms with Crippen molar-refractivity contribution in [1.82, 2.24) is 15.5 Å². The molecule has 1 amide bonds. The monoisotopic (exact) mass is 391 g/mol. The second kappa shape index (κ2) is 11.2. The third kappa shape index (κ3) is 6.45. The van der Waals surface area contributed by atoms with Crippen LogP contribution in [0.4, 0.5) is 0 Å². The van der Waals surface area contributed by atoms with Crippen LogP contribution >= 0.6 is 36.6 Å². The topological polar surface area (TPSA) is 44.4 Å². The summed E-state index contributed by atoms with van der Waals surface area (Å²) in [6.07, 6.45) is 3.25. The van der Waals surface area contributed by atoms with Crippen molar-refractivity contribution in [1.29, 1.82) is 0 Å². The van der Waals surface area contributed by atoms with Crippen molar-refractivity contribution in [3.05, 3.63) is 35.9 Å². The number of thioether (sulfide) groups is 1. The van der Waals surface area contributed by atoms with Gasteiger partial charge in [-0.25, -0.2) is 0 Å². The zero-order valence-corrected chi connectivity index (χ0v) is 16.2. The number of rotatable bonds is 5. The number of nitrogens with zero attached hydrogens (tertiary/aromatic N) is 1. The zero-order chi connectivity index (χ0) is 15.2. The third-order valence-corrected chi connectivity index (χ3v) is 5.47. The standard InChI is InChI=1S/C17H25N3OS.2ClH/c21-17(16-12-22-13-18-16)19-15-7-10-20(11-8-15)9-6-14-4-2-1-3-5-14;;/h1-5,15-16,18H,6-13H2,(H,19,21);2*1H. The number of amides is 1. The van der Waals surface area contributed by atoms with Crippen LogP contribution in [-0.2, 0) is 11.2 Å². The van der Waals surface area contributed by atoms with Crippen molar-refractivity contribution in [2.24, 2.45) is 0 Å². The summed E-state index contributed by atoms with van der Waals surface area (Å²) < 4.78 is 0. The first-order chi connectivity index (χ1) is 10.8. The summed E-state index contributed by atoms with van der Waals surface area (Å²) in [5.41, 5.74) is 1.41. The second-order valence-corrected chi connectivity index (χ2v) is 7.16. The Kier molecular flexibility index (Phi) is 10.1. The van der Waals surface area contributed by atoms with Gasteiger partial charge < -0.3 is 10.2 Å². The van der Waals surface area contributed by atoms with Gasteiger partial charge in [-0.05, 0) is 24.8 Å². The Morgan fingerprint density at radius 1 is 1.21 bits per heavy atom. The highest BCUT2D eigenvalue weighted by Crippen LogP contribution is 2.14. The molecule has 1 atom stereocenters. The second-order valence-electron chi connectivity index (χ2n) is 6.13. The zero-order valence-electron chi connectivity index (χ0n) is 13.8. The third-order valence-electron chi connectivity index (χ3n) is 4.53. The summed E-state index contributed by atoms with van der Waals surface area (Å²) in [6.45, 7) is 3.29. The maximum atomic E-state index is 12.1. The molecule has 0 bridgehead atoms. The highest BCUT2D eigenvalue weighted by atomic mass is 35.5. The molecule has 2 aliphatic rings. The van der Waals surface area contributed by atoms with Gasteiger partial charge in [0.05, 0.1) is 6.04 Å². The quantitative estimate of drug-likeness (QED) is 0.807. The van der Waals surface area contributed by atoms with Crippen molar-refractivity contribution in [3.63, 3.8) is 0 Å². The Labute approximate surface area is 161 Å². The summed E-state index contributed by atoms with van der Waals surface area (Å²) in [7, 11) is 0. The van der Waals surface area contributed by atoms with Gasteiger partial charge >= 0.3 is 0 Å². The number of halogens is 2. The van der Waals surface area contributed by atoms with E-state index in [2.05, 4.69) is 45.9 Å². The molecule has 0 aromatic heterocycles. The molecule has 1 aromatic carbocycles. The van der Waals surface area contributed by atoms with Crippen molar-refractivity contribution in [2.75, 3.05) is 31.3 Å². The van der Waals surface area contributed by atoms with Crippen LogP contribution in [0.25, 0.3) is 0 Å². The van der Waals surface area contributed by atoms with Gasteiger partial charge in [0.15, 0.2) is 0 Å². The van der Waals surface area contributed by atoms with E-state index in [1.807, 2.05) is 0 Å². The summed E-state index contributed by atoms with van der Waals surface area (Å²) in [5.74, 6) is 1.99. The number of benzene rings is 1. The molecule has 2 saturated heterocycles. The Bertz CT molecular complexity index is 478. The normalized spacial score (nSPS) is 21.6. The van der Waals surface area contributed by atoms with Crippen LogP contribution in [0, 0.1) is 0 Å². The Balaban J connectivity index is 0.00000144. The summed E-state index contributed by atoms with van der Waals surface area (Å²) in [6, 6.07) is 11.0. The molecule has 0 spiro atoms. The average Bonchev–Trinajstić information content (AvgIpc) is 3.10. The molecule has 1 unspecified atom stereocenters. The van der Waals surface area contributed by atoms with Gasteiger partial charge in [0, 0.05) is 37.3 Å². The van der Waals surface area contributed by atoms with Crippen LogP contribution in [0.1, 0.15) is 18.4 Å². The van der Waals surface area contributed by atoms with E-state index in [-0.39, 0.29) is 36.8 Å². The van der Waals surface area contributed by atoms with Crippen LogP contribution in [0.15, 0.2) is 30.3 Å². The van der Waals surface area contributed by atoms with E-state index in [1.54, 1.807) is 11.8 Å². The van der Waals surface area contributed by atoms with Gasteiger partial charge in [0.2, 0.25) is 5.91 Å². The van der Waals surface area contributed by atoms with E-state index in [4.69, 9.17) is 0 Å². The lowest BCUT2D eigenvalue weighted by molar-refractivity contribution is -0.123. The first kappa shape index (κ1) is 21.6. The fourth-order valence-corrected chi connectivity index (χ4v) is 4.04. The van der Waals surface area contributed by atoms with Crippen LogP contribution in [0.3, 0.4) is 0 Å². The van der Waals surface area contributed by atoms with Gasteiger partial charge in [-0.3, -0.25) is 10.1 Å². The molecule has 2 N–H and O–H groups in total. The maximum Gasteiger partial charge on any atom is 0.238 e. The lowest BCUT2D eigenvalue weighted by Gasteiger charge is -2.32. The molecule has 0 aliphatic carbocycles. The van der Waals surface area contributed by atoms with E-state index in [1.165, 1.54) is 5.56 Å². The van der Waals surface area contributed by atoms with Crippen LogP contribution < -0.4 is 10.6 Å². The van der Waals surface area contributed by atoms with E-state index in [0.717, 1.165) is 50.5 Å². The molecule has 24 heavy (non-hydrogen) atoms. The molecule has 136 valence electrons. The smallest absolute Gasteiger partial charge is 0.238 e. The fourth-order valence-electron chi connectivity index (χ4n) is 3.10. The van der Waals surface area contributed by atoms with Crippen LogP contribution in [0.2, 0.25) is 0 Å². The molecule has 2 fully saturated rings. The number of piperidine rings is 1. The van der Waals surface area contributed by atoms with E-state index in [9.17, 15) is 4.79 Å². The van der Waals surface area contributed by atoms with Gasteiger partial charge in [0.1, 0.15) is 0 Å². The maximum absolute atomic E-state index is 12.1. The number of likely N-dealkylation sites (tertiary alicyclic amines) is 1. The Morgan fingerprint density at radius 3 is 2.54 bits per heavy atom. The number of hydrogen-bond donors (Lipinski definition) is 2. The molecule has 2 heterocycles. The van der Waals surface area contributed by atoms with Crippen molar-refractivity contribution in [2.45, 2.75) is 31.3 Å². The number of nitrogens with one attached hydrogen (secondary N) is 2. The molecule has 0 saturated carbocycles. The molecule has 3 rings (SSSR count). The average molecular weight is 392 g/mol. The molecule has 7 heteroatoms. The van der Waals surface area contributed by atoms with Gasteiger partial charge in [-0.15, -0.1) is 36.6 Å². The number of carbonyl (C=O) groups is 1. The van der Waals surface area contributed by atoms with Crippen molar-refractivity contribution in [3.8, 4) is 0 Å². The molecule has 0 radical (unpaired) electrons. The number of hydrogen-bond acceptors (Lipinski definition) is 4. The minimum atomic E-state index is 0. The van der Waals surface area contributed by atoms with Crippen LogP contribution in [0.5, 0.6) is 0 Å². The fraction of sp³-hybridized carbons (Fsp3) is 0.588. The van der Waals surface area contributed by atoms with E-state index in [0.29, 0.717) is 6.04 Å². The lowest BCUT2D eigenvalue weighted by Crippen LogP contribution is -2.50. The van der Waals surface area contributed by atoms with Gasteiger partial charge in [-0.2, -0.15) is 0 Å². The van der Waals surface area contributed by atoms with Gasteiger partial charge in [-0.1, -0.05) is 30.3 Å². The number of carbonyl (C=O) groups excluding carboxylic acids is 1. The highest BCUT2D eigenvalue weighted by molar-refractivity contribution is 7.99. The predicted molar refractivity (Wildman–Crippen MR) is 106 cm³/mol. The summed E-state index contributed by atoms with van der Waals surface area (Å²) >= 11 is 1.80. The predicted octanol–water partition coefficient (Wildman–Crippen LogP) is 2.32. The molecule has 1 aromatic rings. The van der Waals surface area contributed by atoms with Crippen LogP contribution in [-0.4, -0.2) is 54.2 Å². The van der Waals surface area contributed by atoms with E-state index < -0.39 is 0 Å². The minimum absolute atomic E-state index is 0. The van der Waals surface area contributed by atoms with Gasteiger partial charge in [0.25, 0.3) is 0 Å². The summed E-state index contributed by atoms with van der Waals surface area (Å²) in [5, 5.41) is 6.45. The highest BCUT2D eigenvalue weighted by Gasteiger charge is 2.26. The summed E-state index contributed by atoms with van der Waals surface area (Å²) in [4.78, 5) is 14.6. The van der Waals surface area contributed by atoms with Crippen molar-refractivity contribution < 1.29 is 4.79 Å². The SMILES string of the molecule is Cl.Cl.O=C(NC1CCN(CCc2ccccc2)CC1)C1CSCN1. The first-order valence-electron chi connectivity index (χ1n) is 8.19.